The minimum absolute atomic E-state index is 0.0709. The first kappa shape index (κ1) is 10.2. The topological polar surface area (TPSA) is 44.7 Å². The van der Waals surface area contributed by atoms with Crippen LogP contribution >= 0.6 is 0 Å². The van der Waals surface area contributed by atoms with Crippen molar-refractivity contribution in [2.75, 3.05) is 20.3 Å². The third-order valence-corrected chi connectivity index (χ3v) is 1.81. The van der Waals surface area contributed by atoms with Crippen molar-refractivity contribution in [1.82, 2.24) is 10.4 Å². The Morgan fingerprint density at radius 3 is 3.08 bits per heavy atom. The summed E-state index contributed by atoms with van der Waals surface area (Å²) in [4.78, 5) is 5.10. The summed E-state index contributed by atoms with van der Waals surface area (Å²) in [6.07, 6.45) is 8.56. The van der Waals surface area contributed by atoms with Gasteiger partial charge in [-0.05, 0) is 25.1 Å². The molecule has 1 unspecified atom stereocenters. The smallest absolute Gasteiger partial charge is 0.124 e. The van der Waals surface area contributed by atoms with Crippen molar-refractivity contribution >= 4 is 0 Å². The quantitative estimate of drug-likeness (QED) is 0.600. The highest BCUT2D eigenvalue weighted by Gasteiger charge is 2.12. The van der Waals surface area contributed by atoms with Crippen LogP contribution < -0.4 is 5.32 Å². The Balaban J connectivity index is 2.30. The van der Waals surface area contributed by atoms with Crippen LogP contribution in [0.3, 0.4) is 0 Å². The summed E-state index contributed by atoms with van der Waals surface area (Å²) in [5.41, 5.74) is 0. The maximum atomic E-state index is 8.60. The molecule has 0 fully saturated rings. The third-order valence-electron chi connectivity index (χ3n) is 1.81. The van der Waals surface area contributed by atoms with E-state index in [1.807, 2.05) is 24.4 Å². The Morgan fingerprint density at radius 1 is 1.54 bits per heavy atom. The second kappa shape index (κ2) is 5.75. The van der Waals surface area contributed by atoms with Crippen molar-refractivity contribution in [2.45, 2.75) is 12.6 Å². The minimum Gasteiger partial charge on any atom is -0.396 e. The summed E-state index contributed by atoms with van der Waals surface area (Å²) >= 11 is 0. The lowest BCUT2D eigenvalue weighted by atomic mass is 10.3. The Labute approximate surface area is 78.4 Å². The molecule has 74 valence electrons. The molecule has 1 heterocycles. The van der Waals surface area contributed by atoms with Gasteiger partial charge in [0.25, 0.3) is 0 Å². The molecule has 0 spiro atoms. The molecule has 0 aromatic heterocycles. The first-order valence-electron chi connectivity index (χ1n) is 4.40. The van der Waals surface area contributed by atoms with Crippen molar-refractivity contribution in [3.8, 4) is 0 Å². The van der Waals surface area contributed by atoms with Gasteiger partial charge in [-0.2, -0.15) is 0 Å². The van der Waals surface area contributed by atoms with Gasteiger partial charge in [-0.15, -0.1) is 0 Å². The normalized spacial score (nSPS) is 21.1. The Morgan fingerprint density at radius 2 is 2.38 bits per heavy atom. The fourth-order valence-corrected chi connectivity index (χ4v) is 1.14. The molecule has 2 N–H and O–H groups in total. The van der Waals surface area contributed by atoms with Gasteiger partial charge in [0.2, 0.25) is 0 Å². The molecule has 1 atom stereocenters. The average molecular weight is 184 g/mol. The number of hydrogen-bond donors (Lipinski definition) is 2. The Hall–Kier alpha value is -0.840. The lowest BCUT2D eigenvalue weighted by molar-refractivity contribution is -0.116. The van der Waals surface area contributed by atoms with Crippen LogP contribution in [0, 0.1) is 0 Å². The zero-order chi connectivity index (χ0) is 9.52. The molecule has 0 aliphatic carbocycles. The first-order chi connectivity index (χ1) is 6.38. The van der Waals surface area contributed by atoms with Crippen LogP contribution in [0.15, 0.2) is 24.4 Å². The molecule has 0 radical (unpaired) electrons. The number of nitrogens with one attached hydrogen (secondary N) is 1. The molecule has 0 aromatic rings. The maximum absolute atomic E-state index is 8.60. The predicted molar refractivity (Wildman–Crippen MR) is 50.6 cm³/mol. The number of hydrogen-bond acceptors (Lipinski definition) is 4. The van der Waals surface area contributed by atoms with Gasteiger partial charge in [0.15, 0.2) is 0 Å². The molecule has 4 nitrogen and oxygen atoms in total. The molecule has 0 amide bonds. The number of aliphatic hydroxyl groups excluding tert-OH is 1. The van der Waals surface area contributed by atoms with Gasteiger partial charge in [0, 0.05) is 12.8 Å². The maximum Gasteiger partial charge on any atom is 0.124 e. The molecule has 0 saturated heterocycles. The molecule has 4 heteroatoms. The van der Waals surface area contributed by atoms with Crippen LogP contribution in [0.4, 0.5) is 0 Å². The van der Waals surface area contributed by atoms with E-state index in [2.05, 4.69) is 5.32 Å². The summed E-state index contributed by atoms with van der Waals surface area (Å²) in [5.74, 6) is 0. The molecule has 0 bridgehead atoms. The second-order valence-electron chi connectivity index (χ2n) is 2.75. The minimum atomic E-state index is 0.0709. The van der Waals surface area contributed by atoms with Gasteiger partial charge in [-0.1, -0.05) is 6.08 Å². The molecule has 0 aromatic carbocycles. The van der Waals surface area contributed by atoms with Crippen molar-refractivity contribution in [1.29, 1.82) is 0 Å². The van der Waals surface area contributed by atoms with Crippen LogP contribution in [0.1, 0.15) is 6.42 Å². The zero-order valence-electron chi connectivity index (χ0n) is 7.81. The standard InChI is InChI=1S/C9H16N2O2/c1-13-11-7-3-2-5-9(11)10-6-4-8-12/h2-3,5,7,9-10,12H,4,6,8H2,1H3. The van der Waals surface area contributed by atoms with E-state index in [0.717, 1.165) is 13.0 Å². The lowest BCUT2D eigenvalue weighted by Gasteiger charge is -2.28. The molecule has 1 aliphatic heterocycles. The van der Waals surface area contributed by atoms with Crippen molar-refractivity contribution in [3.63, 3.8) is 0 Å². The number of rotatable bonds is 5. The summed E-state index contributed by atoms with van der Waals surface area (Å²) < 4.78 is 0. The van der Waals surface area contributed by atoms with Gasteiger partial charge in [0.05, 0.1) is 7.11 Å². The Kier molecular flexibility index (Phi) is 4.53. The van der Waals surface area contributed by atoms with E-state index < -0.39 is 0 Å². The van der Waals surface area contributed by atoms with E-state index in [-0.39, 0.29) is 12.8 Å². The molecule has 1 aliphatic rings. The van der Waals surface area contributed by atoms with E-state index in [1.54, 1.807) is 12.2 Å². The summed E-state index contributed by atoms with van der Waals surface area (Å²) in [5, 5.41) is 13.5. The fraction of sp³-hybridized carbons (Fsp3) is 0.556. The molecule has 0 saturated carbocycles. The molecular weight excluding hydrogens is 168 g/mol. The van der Waals surface area contributed by atoms with Crippen LogP contribution in [0.2, 0.25) is 0 Å². The Bertz CT molecular complexity index is 192. The highest BCUT2D eigenvalue weighted by Crippen LogP contribution is 2.05. The molecule has 1 rings (SSSR count). The summed E-state index contributed by atoms with van der Waals surface area (Å²) in [6, 6.07) is 0. The monoisotopic (exact) mass is 184 g/mol. The van der Waals surface area contributed by atoms with Gasteiger partial charge in [-0.3, -0.25) is 10.2 Å². The van der Waals surface area contributed by atoms with Crippen LogP contribution in [0.5, 0.6) is 0 Å². The van der Waals surface area contributed by atoms with Crippen molar-refractivity contribution in [3.05, 3.63) is 24.4 Å². The lowest BCUT2D eigenvalue weighted by Crippen LogP contribution is -2.42. The van der Waals surface area contributed by atoms with Crippen molar-refractivity contribution < 1.29 is 9.94 Å². The SMILES string of the molecule is CON1C=CC=CC1NCCCO. The predicted octanol–water partition coefficient (Wildman–Crippen LogP) is 0.231. The molecular formula is C9H16N2O2. The second-order valence-corrected chi connectivity index (χ2v) is 2.75. The first-order valence-corrected chi connectivity index (χ1v) is 4.40. The van der Waals surface area contributed by atoms with Crippen LogP contribution in [0.25, 0.3) is 0 Å². The average Bonchev–Trinajstić information content (AvgIpc) is 2.19. The highest BCUT2D eigenvalue weighted by atomic mass is 16.7. The molecule has 13 heavy (non-hydrogen) atoms. The van der Waals surface area contributed by atoms with E-state index in [0.29, 0.717) is 0 Å². The highest BCUT2D eigenvalue weighted by molar-refractivity contribution is 5.10. The number of nitrogens with zero attached hydrogens (tertiary/aromatic N) is 1. The third kappa shape index (κ3) is 3.18. The fourth-order valence-electron chi connectivity index (χ4n) is 1.14. The largest absolute Gasteiger partial charge is 0.396 e. The van der Waals surface area contributed by atoms with E-state index in [9.17, 15) is 0 Å². The van der Waals surface area contributed by atoms with E-state index in [4.69, 9.17) is 9.94 Å². The van der Waals surface area contributed by atoms with Crippen LogP contribution in [-0.2, 0) is 4.84 Å². The van der Waals surface area contributed by atoms with Crippen molar-refractivity contribution in [2.24, 2.45) is 0 Å². The summed E-state index contributed by atoms with van der Waals surface area (Å²) in [7, 11) is 1.63. The number of hydroxylamine groups is 2. The number of aliphatic hydroxyl groups is 1. The zero-order valence-corrected chi connectivity index (χ0v) is 7.81. The van der Waals surface area contributed by atoms with Gasteiger partial charge < -0.3 is 5.11 Å². The van der Waals surface area contributed by atoms with E-state index >= 15 is 0 Å². The van der Waals surface area contributed by atoms with Crippen LogP contribution in [-0.4, -0.2) is 36.6 Å². The van der Waals surface area contributed by atoms with Gasteiger partial charge >= 0.3 is 0 Å². The van der Waals surface area contributed by atoms with Gasteiger partial charge in [-0.25, -0.2) is 5.06 Å². The number of allylic oxidation sites excluding steroid dienone is 2. The summed E-state index contributed by atoms with van der Waals surface area (Å²) in [6.45, 7) is 0.992. The van der Waals surface area contributed by atoms with Gasteiger partial charge in [0.1, 0.15) is 6.17 Å². The van der Waals surface area contributed by atoms with E-state index in [1.165, 1.54) is 0 Å².